The molecule has 1 aliphatic rings. The Morgan fingerprint density at radius 2 is 1.74 bits per heavy atom. The van der Waals surface area contributed by atoms with Crippen molar-refractivity contribution in [2.45, 2.75) is 39.3 Å². The molecule has 0 unspecified atom stereocenters. The molecule has 1 saturated heterocycles. The first-order chi connectivity index (χ1) is 17.0. The molecule has 1 N–H and O–H groups in total. The van der Waals surface area contributed by atoms with Gasteiger partial charge in [0.2, 0.25) is 0 Å². The number of hydrogen-bond donors (Lipinski definition) is 1. The minimum absolute atomic E-state index is 0.00250. The van der Waals surface area contributed by atoms with E-state index >= 15 is 0 Å². The highest BCUT2D eigenvalue weighted by atomic mass is 79.9. The summed E-state index contributed by atoms with van der Waals surface area (Å²) in [5.41, 5.74) is 3.33. The number of ether oxygens (including phenoxy) is 2. The van der Waals surface area contributed by atoms with E-state index in [0.717, 1.165) is 39.5 Å². The van der Waals surface area contributed by atoms with Crippen LogP contribution in [0.3, 0.4) is 0 Å². The lowest BCUT2D eigenvalue weighted by molar-refractivity contribution is 0.265. The zero-order valence-electron chi connectivity index (χ0n) is 19.6. The first-order valence-corrected chi connectivity index (χ1v) is 13.3. The molecule has 0 bridgehead atoms. The second-order valence-corrected chi connectivity index (χ2v) is 10.0. The smallest absolute Gasteiger partial charge is 0.162 e. The highest BCUT2D eigenvalue weighted by Crippen LogP contribution is 2.36. The monoisotopic (exact) mass is 580 g/mol. The van der Waals surface area contributed by atoms with Crippen molar-refractivity contribution in [3.8, 4) is 11.5 Å². The molecule has 35 heavy (non-hydrogen) atoms. The third-order valence-corrected chi connectivity index (χ3v) is 7.37. The third-order valence-electron chi connectivity index (χ3n) is 5.97. The predicted octanol–water partition coefficient (Wildman–Crippen LogP) is 8.48. The summed E-state index contributed by atoms with van der Waals surface area (Å²) in [5, 5.41) is 4.52. The molecule has 0 atom stereocenters. The van der Waals surface area contributed by atoms with Gasteiger partial charge in [-0.2, -0.15) is 0 Å². The molecule has 8 heteroatoms. The normalized spacial score (nSPS) is 13.6. The predicted molar refractivity (Wildman–Crippen MR) is 146 cm³/mol. The second kappa shape index (κ2) is 12.2. The van der Waals surface area contributed by atoms with E-state index < -0.39 is 5.82 Å². The van der Waals surface area contributed by atoms with Gasteiger partial charge in [-0.15, -0.1) is 0 Å². The molecule has 4 nitrogen and oxygen atoms in total. The Bertz CT molecular complexity index is 1150. The minimum Gasteiger partial charge on any atom is -0.490 e. The van der Waals surface area contributed by atoms with Crippen LogP contribution >= 0.6 is 39.1 Å². The average Bonchev–Trinajstić information content (AvgIpc) is 2.85. The second-order valence-electron chi connectivity index (χ2n) is 8.38. The van der Waals surface area contributed by atoms with Crippen LogP contribution in [0.2, 0.25) is 10.0 Å². The molecule has 0 radical (unpaired) electrons. The Labute approximate surface area is 224 Å². The lowest BCUT2D eigenvalue weighted by Crippen LogP contribution is -2.29. The third kappa shape index (κ3) is 6.54. The number of anilines is 2. The number of benzene rings is 3. The molecule has 186 valence electrons. The summed E-state index contributed by atoms with van der Waals surface area (Å²) in [6.45, 7) is 5.04. The van der Waals surface area contributed by atoms with Gasteiger partial charge in [0, 0.05) is 35.4 Å². The summed E-state index contributed by atoms with van der Waals surface area (Å²) in [6, 6.07) is 14.4. The van der Waals surface area contributed by atoms with Crippen molar-refractivity contribution in [1.29, 1.82) is 0 Å². The topological polar surface area (TPSA) is 33.7 Å². The number of rotatable bonds is 9. The largest absolute Gasteiger partial charge is 0.490 e. The molecule has 0 saturated carbocycles. The number of piperidine rings is 1. The molecule has 0 spiro atoms. The zero-order valence-corrected chi connectivity index (χ0v) is 22.6. The SMILES string of the molecule is CCOc1cc(CNc2ccc(N3CCCCC3)c(Cl)c2)c(Br)cc1OCc1c(F)cccc1Cl. The molecular weight excluding hydrogens is 554 g/mol. The fourth-order valence-corrected chi connectivity index (χ4v) is 5.10. The van der Waals surface area contributed by atoms with Gasteiger partial charge >= 0.3 is 0 Å². The molecule has 0 aliphatic carbocycles. The van der Waals surface area contributed by atoms with Crippen molar-refractivity contribution in [3.05, 3.63) is 80.0 Å². The van der Waals surface area contributed by atoms with E-state index in [1.165, 1.54) is 25.3 Å². The highest BCUT2D eigenvalue weighted by Gasteiger charge is 2.16. The van der Waals surface area contributed by atoms with Crippen LogP contribution in [0.15, 0.2) is 53.0 Å². The summed E-state index contributed by atoms with van der Waals surface area (Å²) in [4.78, 5) is 2.35. The summed E-state index contributed by atoms with van der Waals surface area (Å²) in [5.74, 6) is 0.689. The maximum absolute atomic E-state index is 14.1. The van der Waals surface area contributed by atoms with E-state index in [1.54, 1.807) is 12.1 Å². The molecule has 4 rings (SSSR count). The molecule has 1 heterocycles. The average molecular weight is 582 g/mol. The molecule has 0 amide bonds. The van der Waals surface area contributed by atoms with Gasteiger partial charge in [-0.25, -0.2) is 4.39 Å². The van der Waals surface area contributed by atoms with Crippen LogP contribution in [-0.4, -0.2) is 19.7 Å². The molecule has 1 aliphatic heterocycles. The van der Waals surface area contributed by atoms with Crippen molar-refractivity contribution in [2.24, 2.45) is 0 Å². The first-order valence-electron chi connectivity index (χ1n) is 11.8. The van der Waals surface area contributed by atoms with Crippen LogP contribution in [0, 0.1) is 5.82 Å². The van der Waals surface area contributed by atoms with Crippen molar-refractivity contribution in [1.82, 2.24) is 0 Å². The van der Waals surface area contributed by atoms with E-state index in [1.807, 2.05) is 25.1 Å². The summed E-state index contributed by atoms with van der Waals surface area (Å²) >= 11 is 16.4. The quantitative estimate of drug-likeness (QED) is 0.275. The number of halogens is 4. The van der Waals surface area contributed by atoms with Gasteiger partial charge in [0.15, 0.2) is 11.5 Å². The van der Waals surface area contributed by atoms with Gasteiger partial charge in [-0.1, -0.05) is 45.2 Å². The van der Waals surface area contributed by atoms with E-state index in [2.05, 4.69) is 38.3 Å². The van der Waals surface area contributed by atoms with Crippen LogP contribution in [-0.2, 0) is 13.2 Å². The van der Waals surface area contributed by atoms with E-state index in [9.17, 15) is 4.39 Å². The Morgan fingerprint density at radius 3 is 2.46 bits per heavy atom. The molecule has 0 aromatic heterocycles. The number of hydrogen-bond acceptors (Lipinski definition) is 4. The van der Waals surface area contributed by atoms with Crippen molar-refractivity contribution >= 4 is 50.5 Å². The molecule has 3 aromatic rings. The molecule has 1 fully saturated rings. The van der Waals surface area contributed by atoms with Crippen molar-refractivity contribution in [3.63, 3.8) is 0 Å². The van der Waals surface area contributed by atoms with Crippen LogP contribution in [0.25, 0.3) is 0 Å². The lowest BCUT2D eigenvalue weighted by atomic mass is 10.1. The van der Waals surface area contributed by atoms with E-state index in [0.29, 0.717) is 35.2 Å². The lowest BCUT2D eigenvalue weighted by Gasteiger charge is -2.29. The number of nitrogens with one attached hydrogen (secondary N) is 1. The maximum atomic E-state index is 14.1. The Hall–Kier alpha value is -2.15. The van der Waals surface area contributed by atoms with Crippen molar-refractivity contribution in [2.75, 3.05) is 29.9 Å². The van der Waals surface area contributed by atoms with Gasteiger partial charge in [0.1, 0.15) is 12.4 Å². The fourth-order valence-electron chi connectivity index (χ4n) is 4.12. The van der Waals surface area contributed by atoms with Gasteiger partial charge < -0.3 is 19.7 Å². The minimum atomic E-state index is -0.402. The zero-order chi connectivity index (χ0) is 24.8. The molecule has 3 aromatic carbocycles. The first kappa shape index (κ1) is 25.9. The Kier molecular flexibility index (Phi) is 9.04. The highest BCUT2D eigenvalue weighted by molar-refractivity contribution is 9.10. The van der Waals surface area contributed by atoms with Crippen LogP contribution in [0.4, 0.5) is 15.8 Å². The van der Waals surface area contributed by atoms with Crippen LogP contribution < -0.4 is 19.7 Å². The standard InChI is InChI=1S/C27H28BrCl2FN2O2/c1-2-34-26-13-18(21(28)15-27(26)35-17-20-22(29)7-6-8-24(20)31)16-32-19-9-10-25(23(30)14-19)33-11-4-3-5-12-33/h6-10,13-15,32H,2-5,11-12,16-17H2,1H3. The maximum Gasteiger partial charge on any atom is 0.162 e. The van der Waals surface area contributed by atoms with Crippen LogP contribution in [0.5, 0.6) is 11.5 Å². The molecular formula is C27H28BrCl2FN2O2. The van der Waals surface area contributed by atoms with Gasteiger partial charge in [0.05, 0.1) is 22.3 Å². The summed E-state index contributed by atoms with van der Waals surface area (Å²) in [7, 11) is 0. The van der Waals surface area contributed by atoms with Crippen LogP contribution in [0.1, 0.15) is 37.3 Å². The summed E-state index contributed by atoms with van der Waals surface area (Å²) in [6.07, 6.45) is 3.70. The Balaban J connectivity index is 1.46. The fraction of sp³-hybridized carbons (Fsp3) is 0.333. The van der Waals surface area contributed by atoms with E-state index in [4.69, 9.17) is 32.7 Å². The Morgan fingerprint density at radius 1 is 0.971 bits per heavy atom. The van der Waals surface area contributed by atoms with Gasteiger partial charge in [-0.3, -0.25) is 0 Å². The van der Waals surface area contributed by atoms with Gasteiger partial charge in [-0.05, 0) is 74.2 Å². The van der Waals surface area contributed by atoms with Crippen molar-refractivity contribution < 1.29 is 13.9 Å². The van der Waals surface area contributed by atoms with Gasteiger partial charge in [0.25, 0.3) is 0 Å². The van der Waals surface area contributed by atoms with E-state index in [-0.39, 0.29) is 6.61 Å². The summed E-state index contributed by atoms with van der Waals surface area (Å²) < 4.78 is 26.7. The number of nitrogens with zero attached hydrogens (tertiary/aromatic N) is 1.